The van der Waals surface area contributed by atoms with E-state index in [1.165, 1.54) is 25.7 Å². The van der Waals surface area contributed by atoms with Crippen LogP contribution in [0.1, 0.15) is 39.0 Å². The van der Waals surface area contributed by atoms with E-state index < -0.39 is 0 Å². The first-order chi connectivity index (χ1) is 4.27. The van der Waals surface area contributed by atoms with Crippen molar-refractivity contribution in [1.29, 1.82) is 0 Å². The van der Waals surface area contributed by atoms with Crippen molar-refractivity contribution in [2.75, 3.05) is 0 Å². The van der Waals surface area contributed by atoms with Gasteiger partial charge in [-0.15, -0.1) is 0 Å². The molecule has 0 aromatic rings. The maximum absolute atomic E-state index is 3.77. The van der Waals surface area contributed by atoms with E-state index in [1.807, 2.05) is 0 Å². The van der Waals surface area contributed by atoms with Crippen LogP contribution in [0.4, 0.5) is 0 Å². The summed E-state index contributed by atoms with van der Waals surface area (Å²) in [5.41, 5.74) is 0. The minimum absolute atomic E-state index is 1.14. The van der Waals surface area contributed by atoms with E-state index >= 15 is 0 Å². The fourth-order valence-electron chi connectivity index (χ4n) is 0.744. The Morgan fingerprint density at radius 3 is 2.44 bits per heavy atom. The monoisotopic (exact) mass is 190 g/mol. The predicted octanol–water partition coefficient (Wildman–Crippen LogP) is 3.87. The Bertz CT molecular complexity index is 76.6. The van der Waals surface area contributed by atoms with E-state index in [0.29, 0.717) is 0 Å². The molecular formula is C8H15Br. The largest absolute Gasteiger partial charge is 0.0889 e. The molecule has 0 nitrogen and oxygen atoms in total. The molecule has 0 saturated carbocycles. The quantitative estimate of drug-likeness (QED) is 0.578. The molecule has 0 fully saturated rings. The van der Waals surface area contributed by atoms with E-state index in [9.17, 15) is 0 Å². The minimum Gasteiger partial charge on any atom is -0.0889 e. The van der Waals surface area contributed by atoms with Crippen molar-refractivity contribution in [1.82, 2.24) is 0 Å². The zero-order valence-corrected chi connectivity index (χ0v) is 7.71. The van der Waals surface area contributed by atoms with Crippen molar-refractivity contribution in [3.63, 3.8) is 0 Å². The molecule has 0 bridgehead atoms. The Morgan fingerprint density at radius 2 is 2.00 bits per heavy atom. The summed E-state index contributed by atoms with van der Waals surface area (Å²) in [4.78, 5) is 0. The van der Waals surface area contributed by atoms with Gasteiger partial charge in [0.05, 0.1) is 0 Å². The summed E-state index contributed by atoms with van der Waals surface area (Å²) in [6, 6.07) is 0. The smallest absolute Gasteiger partial charge is 0.0121 e. The standard InChI is InChI=1S/C8H15Br/c1-3-4-5-6-7-8(2)9/h2-7H2,1H3. The van der Waals surface area contributed by atoms with Crippen molar-refractivity contribution in [3.8, 4) is 0 Å². The third-order valence-corrected chi connectivity index (χ3v) is 1.70. The minimum atomic E-state index is 1.14. The Hall–Kier alpha value is 0.220. The number of hydrogen-bond donors (Lipinski definition) is 0. The van der Waals surface area contributed by atoms with Gasteiger partial charge < -0.3 is 0 Å². The lowest BCUT2D eigenvalue weighted by atomic mass is 10.2. The number of halogens is 1. The number of allylic oxidation sites excluding steroid dienone is 1. The second kappa shape index (κ2) is 6.34. The number of rotatable bonds is 5. The van der Waals surface area contributed by atoms with E-state index in [4.69, 9.17) is 0 Å². The topological polar surface area (TPSA) is 0 Å². The van der Waals surface area contributed by atoms with Gasteiger partial charge in [-0.1, -0.05) is 48.7 Å². The van der Waals surface area contributed by atoms with Gasteiger partial charge in [-0.2, -0.15) is 0 Å². The zero-order valence-electron chi connectivity index (χ0n) is 6.12. The summed E-state index contributed by atoms with van der Waals surface area (Å²) in [6.07, 6.45) is 6.45. The SMILES string of the molecule is C=C(Br)CCCCCC. The van der Waals surface area contributed by atoms with Crippen molar-refractivity contribution in [3.05, 3.63) is 11.1 Å². The molecule has 1 heteroatoms. The molecule has 0 aromatic heterocycles. The number of hydrogen-bond acceptors (Lipinski definition) is 0. The molecule has 0 rings (SSSR count). The number of unbranched alkanes of at least 4 members (excludes halogenated alkanes) is 3. The fraction of sp³-hybridized carbons (Fsp3) is 0.750. The molecular weight excluding hydrogens is 176 g/mol. The van der Waals surface area contributed by atoms with Gasteiger partial charge in [0.25, 0.3) is 0 Å². The van der Waals surface area contributed by atoms with E-state index in [-0.39, 0.29) is 0 Å². The maximum atomic E-state index is 3.77. The van der Waals surface area contributed by atoms with Crippen LogP contribution in [0.3, 0.4) is 0 Å². The summed E-state index contributed by atoms with van der Waals surface area (Å²) >= 11 is 3.33. The first kappa shape index (κ1) is 9.22. The van der Waals surface area contributed by atoms with Crippen molar-refractivity contribution < 1.29 is 0 Å². The third-order valence-electron chi connectivity index (χ3n) is 1.30. The highest BCUT2D eigenvalue weighted by atomic mass is 79.9. The fourth-order valence-corrected chi connectivity index (χ4v) is 1.02. The van der Waals surface area contributed by atoms with E-state index in [1.54, 1.807) is 0 Å². The average Bonchev–Trinajstić information content (AvgIpc) is 1.80. The van der Waals surface area contributed by atoms with Crippen LogP contribution in [0.2, 0.25) is 0 Å². The zero-order chi connectivity index (χ0) is 7.11. The Morgan fingerprint density at radius 1 is 1.33 bits per heavy atom. The van der Waals surface area contributed by atoms with Gasteiger partial charge in [-0.3, -0.25) is 0 Å². The highest BCUT2D eigenvalue weighted by Crippen LogP contribution is 2.12. The molecule has 0 unspecified atom stereocenters. The summed E-state index contributed by atoms with van der Waals surface area (Å²) in [6.45, 7) is 5.99. The van der Waals surface area contributed by atoms with Crippen molar-refractivity contribution in [2.45, 2.75) is 39.0 Å². The molecule has 0 atom stereocenters. The molecule has 0 aromatic carbocycles. The average molecular weight is 191 g/mol. The molecule has 54 valence electrons. The van der Waals surface area contributed by atoms with E-state index in [0.717, 1.165) is 10.9 Å². The van der Waals surface area contributed by atoms with Crippen LogP contribution in [0.25, 0.3) is 0 Å². The second-order valence-electron chi connectivity index (χ2n) is 2.33. The summed E-state index contributed by atoms with van der Waals surface area (Å²) in [5.74, 6) is 0. The third kappa shape index (κ3) is 8.22. The molecule has 0 N–H and O–H groups in total. The normalized spacial score (nSPS) is 9.56. The van der Waals surface area contributed by atoms with Crippen LogP contribution in [0.15, 0.2) is 11.1 Å². The molecule has 0 aliphatic rings. The Balaban J connectivity index is 2.83. The highest BCUT2D eigenvalue weighted by Gasteiger charge is 1.88. The summed E-state index contributed by atoms with van der Waals surface area (Å²) in [5, 5.41) is 0. The molecule has 0 aliphatic carbocycles. The van der Waals surface area contributed by atoms with Gasteiger partial charge in [0, 0.05) is 0 Å². The van der Waals surface area contributed by atoms with Gasteiger partial charge in [0.15, 0.2) is 0 Å². The lowest BCUT2D eigenvalue weighted by molar-refractivity contribution is 0.673. The molecule has 0 spiro atoms. The van der Waals surface area contributed by atoms with Gasteiger partial charge in [0.1, 0.15) is 0 Å². The van der Waals surface area contributed by atoms with Crippen LogP contribution >= 0.6 is 15.9 Å². The highest BCUT2D eigenvalue weighted by molar-refractivity contribution is 9.11. The van der Waals surface area contributed by atoms with Gasteiger partial charge >= 0.3 is 0 Å². The molecule has 0 amide bonds. The maximum Gasteiger partial charge on any atom is -0.0121 e. The van der Waals surface area contributed by atoms with E-state index in [2.05, 4.69) is 29.4 Å². The lowest BCUT2D eigenvalue weighted by Gasteiger charge is -1.95. The van der Waals surface area contributed by atoms with Crippen molar-refractivity contribution >= 4 is 15.9 Å². The molecule has 0 saturated heterocycles. The van der Waals surface area contributed by atoms with Crippen LogP contribution in [-0.4, -0.2) is 0 Å². The van der Waals surface area contributed by atoms with Gasteiger partial charge in [-0.25, -0.2) is 0 Å². The molecule has 0 heterocycles. The first-order valence-corrected chi connectivity index (χ1v) is 4.40. The molecule has 0 aliphatic heterocycles. The molecule has 9 heavy (non-hydrogen) atoms. The van der Waals surface area contributed by atoms with Gasteiger partial charge in [0.2, 0.25) is 0 Å². The first-order valence-electron chi connectivity index (χ1n) is 3.60. The second-order valence-corrected chi connectivity index (χ2v) is 3.45. The lowest BCUT2D eigenvalue weighted by Crippen LogP contribution is -1.75. The van der Waals surface area contributed by atoms with Gasteiger partial charge in [-0.05, 0) is 17.3 Å². The van der Waals surface area contributed by atoms with Crippen LogP contribution in [-0.2, 0) is 0 Å². The van der Waals surface area contributed by atoms with Crippen LogP contribution in [0.5, 0.6) is 0 Å². The molecule has 0 radical (unpaired) electrons. The predicted molar refractivity (Wildman–Crippen MR) is 46.8 cm³/mol. The Kier molecular flexibility index (Phi) is 6.50. The van der Waals surface area contributed by atoms with Crippen LogP contribution in [0, 0.1) is 0 Å². The van der Waals surface area contributed by atoms with Crippen molar-refractivity contribution in [2.24, 2.45) is 0 Å². The summed E-state index contributed by atoms with van der Waals surface area (Å²) < 4.78 is 1.14. The Labute approximate surface area is 66.5 Å². The van der Waals surface area contributed by atoms with Crippen LogP contribution < -0.4 is 0 Å². The summed E-state index contributed by atoms with van der Waals surface area (Å²) in [7, 11) is 0.